The third kappa shape index (κ3) is 2.91. The SMILES string of the molecule is CC(C)C(C)(C)CNC(=O)C1CNc2ccccc21. The van der Waals surface area contributed by atoms with Crippen LogP contribution >= 0.6 is 0 Å². The first-order valence-corrected chi connectivity index (χ1v) is 7.02. The molecule has 0 fully saturated rings. The predicted octanol–water partition coefficient (Wildman–Crippen LogP) is 2.99. The van der Waals surface area contributed by atoms with Crippen LogP contribution in [0.4, 0.5) is 5.69 Å². The summed E-state index contributed by atoms with van der Waals surface area (Å²) >= 11 is 0. The molecule has 0 spiro atoms. The van der Waals surface area contributed by atoms with Crippen molar-refractivity contribution in [2.45, 2.75) is 33.6 Å². The minimum Gasteiger partial charge on any atom is -0.384 e. The number of para-hydroxylation sites is 1. The number of hydrogen-bond donors (Lipinski definition) is 2. The molecule has 0 saturated heterocycles. The van der Waals surface area contributed by atoms with Gasteiger partial charge in [-0.2, -0.15) is 0 Å². The van der Waals surface area contributed by atoms with Gasteiger partial charge in [-0.25, -0.2) is 0 Å². The van der Waals surface area contributed by atoms with Crippen molar-refractivity contribution in [3.8, 4) is 0 Å². The summed E-state index contributed by atoms with van der Waals surface area (Å²) in [6.07, 6.45) is 0. The highest BCUT2D eigenvalue weighted by Gasteiger charge is 2.30. The van der Waals surface area contributed by atoms with E-state index in [1.165, 1.54) is 0 Å². The first kappa shape index (κ1) is 13.9. The maximum atomic E-state index is 12.3. The molecular weight excluding hydrogens is 236 g/mol. The number of rotatable bonds is 4. The van der Waals surface area contributed by atoms with Gasteiger partial charge in [0.2, 0.25) is 5.91 Å². The molecule has 0 bridgehead atoms. The van der Waals surface area contributed by atoms with Crippen molar-refractivity contribution >= 4 is 11.6 Å². The lowest BCUT2D eigenvalue weighted by molar-refractivity contribution is -0.122. The minimum atomic E-state index is -0.0563. The molecular formula is C16H24N2O. The third-order valence-electron chi connectivity index (χ3n) is 4.43. The van der Waals surface area contributed by atoms with Crippen LogP contribution < -0.4 is 10.6 Å². The van der Waals surface area contributed by atoms with Gasteiger partial charge < -0.3 is 10.6 Å². The molecule has 0 radical (unpaired) electrons. The molecule has 1 heterocycles. The van der Waals surface area contributed by atoms with E-state index in [4.69, 9.17) is 0 Å². The monoisotopic (exact) mass is 260 g/mol. The maximum Gasteiger partial charge on any atom is 0.229 e. The number of carbonyl (C=O) groups excluding carboxylic acids is 1. The molecule has 0 aliphatic carbocycles. The Kier molecular flexibility index (Phi) is 3.83. The molecule has 2 N–H and O–H groups in total. The Bertz CT molecular complexity index is 466. The maximum absolute atomic E-state index is 12.3. The van der Waals surface area contributed by atoms with Crippen LogP contribution in [0.15, 0.2) is 24.3 Å². The van der Waals surface area contributed by atoms with Crippen LogP contribution in [0.3, 0.4) is 0 Å². The Labute approximate surface area is 115 Å². The second-order valence-corrected chi connectivity index (χ2v) is 6.38. The summed E-state index contributed by atoms with van der Waals surface area (Å²) < 4.78 is 0. The summed E-state index contributed by atoms with van der Waals surface area (Å²) in [6, 6.07) is 8.05. The van der Waals surface area contributed by atoms with Crippen molar-refractivity contribution in [2.24, 2.45) is 11.3 Å². The Morgan fingerprint density at radius 1 is 1.42 bits per heavy atom. The first-order chi connectivity index (χ1) is 8.92. The highest BCUT2D eigenvalue weighted by molar-refractivity contribution is 5.88. The van der Waals surface area contributed by atoms with Gasteiger partial charge in [0, 0.05) is 18.8 Å². The standard InChI is InChI=1S/C16H24N2O/c1-11(2)16(3,4)10-18-15(19)13-9-17-14-8-6-5-7-12(13)14/h5-8,11,13,17H,9-10H2,1-4H3,(H,18,19). The number of benzene rings is 1. The molecule has 1 aliphatic rings. The number of anilines is 1. The normalized spacial score (nSPS) is 18.1. The van der Waals surface area contributed by atoms with E-state index in [9.17, 15) is 4.79 Å². The third-order valence-corrected chi connectivity index (χ3v) is 4.43. The number of amides is 1. The lowest BCUT2D eigenvalue weighted by Gasteiger charge is -2.29. The van der Waals surface area contributed by atoms with Crippen molar-refractivity contribution in [3.05, 3.63) is 29.8 Å². The fraction of sp³-hybridized carbons (Fsp3) is 0.562. The average Bonchev–Trinajstić information content (AvgIpc) is 2.79. The molecule has 1 amide bonds. The van der Waals surface area contributed by atoms with E-state index in [2.05, 4.69) is 38.3 Å². The van der Waals surface area contributed by atoms with Crippen LogP contribution in [0, 0.1) is 11.3 Å². The van der Waals surface area contributed by atoms with E-state index >= 15 is 0 Å². The molecule has 3 heteroatoms. The van der Waals surface area contributed by atoms with Crippen molar-refractivity contribution in [3.63, 3.8) is 0 Å². The molecule has 0 saturated carbocycles. The van der Waals surface area contributed by atoms with E-state index < -0.39 is 0 Å². The summed E-state index contributed by atoms with van der Waals surface area (Å²) in [5.41, 5.74) is 2.33. The van der Waals surface area contributed by atoms with E-state index in [0.717, 1.165) is 17.8 Å². The van der Waals surface area contributed by atoms with Crippen LogP contribution in [0.1, 0.15) is 39.2 Å². The summed E-state index contributed by atoms with van der Waals surface area (Å²) in [6.45, 7) is 10.2. The lowest BCUT2D eigenvalue weighted by atomic mass is 9.81. The van der Waals surface area contributed by atoms with E-state index in [0.29, 0.717) is 12.5 Å². The molecule has 1 atom stereocenters. The van der Waals surface area contributed by atoms with Crippen LogP contribution in [-0.4, -0.2) is 19.0 Å². The Morgan fingerprint density at radius 3 is 2.79 bits per heavy atom. The largest absolute Gasteiger partial charge is 0.384 e. The predicted molar refractivity (Wildman–Crippen MR) is 79.3 cm³/mol. The highest BCUT2D eigenvalue weighted by atomic mass is 16.1. The van der Waals surface area contributed by atoms with Crippen molar-refractivity contribution < 1.29 is 4.79 Å². The topological polar surface area (TPSA) is 41.1 Å². The number of fused-ring (bicyclic) bond motifs is 1. The zero-order valence-corrected chi connectivity index (χ0v) is 12.3. The smallest absolute Gasteiger partial charge is 0.229 e. The second-order valence-electron chi connectivity index (χ2n) is 6.38. The number of nitrogens with one attached hydrogen (secondary N) is 2. The van der Waals surface area contributed by atoms with E-state index in [1.807, 2.05) is 24.3 Å². The fourth-order valence-corrected chi connectivity index (χ4v) is 2.16. The quantitative estimate of drug-likeness (QED) is 0.874. The summed E-state index contributed by atoms with van der Waals surface area (Å²) in [5.74, 6) is 0.618. The van der Waals surface area contributed by atoms with Gasteiger partial charge in [0.25, 0.3) is 0 Å². The van der Waals surface area contributed by atoms with Gasteiger partial charge in [-0.3, -0.25) is 4.79 Å². The number of hydrogen-bond acceptors (Lipinski definition) is 2. The van der Waals surface area contributed by atoms with Gasteiger partial charge in [-0.1, -0.05) is 45.9 Å². The van der Waals surface area contributed by atoms with Crippen LogP contribution in [0.25, 0.3) is 0 Å². The van der Waals surface area contributed by atoms with Crippen LogP contribution in [-0.2, 0) is 4.79 Å². The van der Waals surface area contributed by atoms with E-state index in [-0.39, 0.29) is 17.2 Å². The number of carbonyl (C=O) groups is 1. The summed E-state index contributed by atoms with van der Waals surface area (Å²) in [7, 11) is 0. The van der Waals surface area contributed by atoms with Crippen LogP contribution in [0.5, 0.6) is 0 Å². The van der Waals surface area contributed by atoms with Crippen molar-refractivity contribution in [1.29, 1.82) is 0 Å². The van der Waals surface area contributed by atoms with Gasteiger partial charge >= 0.3 is 0 Å². The van der Waals surface area contributed by atoms with Gasteiger partial charge in [0.15, 0.2) is 0 Å². The van der Waals surface area contributed by atoms with E-state index in [1.54, 1.807) is 0 Å². The molecule has 1 unspecified atom stereocenters. The molecule has 0 aromatic heterocycles. The zero-order valence-electron chi connectivity index (χ0n) is 12.3. The summed E-state index contributed by atoms with van der Waals surface area (Å²) in [4.78, 5) is 12.3. The van der Waals surface area contributed by atoms with Gasteiger partial charge in [0.1, 0.15) is 0 Å². The first-order valence-electron chi connectivity index (χ1n) is 7.02. The second kappa shape index (κ2) is 5.24. The minimum absolute atomic E-state index is 0.0563. The molecule has 1 aromatic carbocycles. The highest BCUT2D eigenvalue weighted by Crippen LogP contribution is 2.31. The zero-order chi connectivity index (χ0) is 14.0. The fourth-order valence-electron chi connectivity index (χ4n) is 2.16. The van der Waals surface area contributed by atoms with Crippen molar-refractivity contribution in [2.75, 3.05) is 18.4 Å². The molecule has 1 aliphatic heterocycles. The Morgan fingerprint density at radius 2 is 2.11 bits per heavy atom. The van der Waals surface area contributed by atoms with Crippen molar-refractivity contribution in [1.82, 2.24) is 5.32 Å². The van der Waals surface area contributed by atoms with Gasteiger partial charge in [-0.15, -0.1) is 0 Å². The molecule has 2 rings (SSSR count). The molecule has 3 nitrogen and oxygen atoms in total. The molecule has 19 heavy (non-hydrogen) atoms. The van der Waals surface area contributed by atoms with Gasteiger partial charge in [-0.05, 0) is 23.0 Å². The van der Waals surface area contributed by atoms with Crippen LogP contribution in [0.2, 0.25) is 0 Å². The average molecular weight is 260 g/mol. The summed E-state index contributed by atoms with van der Waals surface area (Å²) in [5, 5.41) is 6.40. The Balaban J connectivity index is 1.99. The van der Waals surface area contributed by atoms with Gasteiger partial charge in [0.05, 0.1) is 5.92 Å². The molecule has 1 aromatic rings. The Hall–Kier alpha value is -1.51. The molecule has 104 valence electrons. The lowest BCUT2D eigenvalue weighted by Crippen LogP contribution is -2.39.